The Kier molecular flexibility index (Phi) is 7.68. The number of hydrogen-bond acceptors (Lipinski definition) is 5. The van der Waals surface area contributed by atoms with Crippen LogP contribution in [0.15, 0.2) is 71.6 Å². The number of esters is 1. The smallest absolute Gasteiger partial charge is 0.350 e. The van der Waals surface area contributed by atoms with Crippen molar-refractivity contribution in [3.63, 3.8) is 0 Å². The van der Waals surface area contributed by atoms with Crippen LogP contribution in [0.25, 0.3) is 10.8 Å². The Morgan fingerprint density at radius 2 is 1.64 bits per heavy atom. The van der Waals surface area contributed by atoms with Gasteiger partial charge in [-0.2, -0.15) is 8.78 Å². The van der Waals surface area contributed by atoms with Gasteiger partial charge in [-0.05, 0) is 60.4 Å². The van der Waals surface area contributed by atoms with Crippen molar-refractivity contribution in [3.8, 4) is 5.75 Å². The molecule has 0 spiro atoms. The highest BCUT2D eigenvalue weighted by atomic mass is 32.2. The van der Waals surface area contributed by atoms with Gasteiger partial charge < -0.3 is 9.47 Å². The van der Waals surface area contributed by atoms with Crippen molar-refractivity contribution < 1.29 is 31.5 Å². The van der Waals surface area contributed by atoms with E-state index in [0.717, 1.165) is 34.2 Å². The average molecular weight is 477 g/mol. The Balaban J connectivity index is 1.50. The van der Waals surface area contributed by atoms with Crippen LogP contribution >= 0.6 is 0 Å². The summed E-state index contributed by atoms with van der Waals surface area (Å²) in [5.74, 6) is -0.257. The maximum atomic E-state index is 14.3. The fraction of sp³-hybridized carbons (Fsp3) is 0.320. The molecule has 0 saturated heterocycles. The molecule has 0 unspecified atom stereocenters. The molecule has 8 heteroatoms. The quantitative estimate of drug-likeness (QED) is 0.276. The molecule has 0 saturated carbocycles. The lowest BCUT2D eigenvalue weighted by Gasteiger charge is -2.17. The number of benzene rings is 3. The van der Waals surface area contributed by atoms with Gasteiger partial charge in [0.25, 0.3) is 0 Å². The van der Waals surface area contributed by atoms with E-state index in [-0.39, 0.29) is 19.4 Å². The summed E-state index contributed by atoms with van der Waals surface area (Å²) in [6.45, 7) is 1.66. The number of methoxy groups -OCH3 is 1. The van der Waals surface area contributed by atoms with Crippen molar-refractivity contribution in [1.29, 1.82) is 0 Å². The van der Waals surface area contributed by atoms with Gasteiger partial charge in [0.05, 0.1) is 24.5 Å². The third-order valence-electron chi connectivity index (χ3n) is 5.48. The van der Waals surface area contributed by atoms with Crippen molar-refractivity contribution in [3.05, 3.63) is 72.3 Å². The normalized spacial score (nSPS) is 13.0. The topological polar surface area (TPSA) is 69.7 Å². The summed E-state index contributed by atoms with van der Waals surface area (Å²) < 4.78 is 63.4. The van der Waals surface area contributed by atoms with E-state index in [0.29, 0.717) is 0 Å². The number of rotatable bonds is 10. The molecule has 0 aliphatic rings. The third kappa shape index (κ3) is 5.68. The lowest BCUT2D eigenvalue weighted by atomic mass is 9.98. The van der Waals surface area contributed by atoms with Gasteiger partial charge in [-0.1, -0.05) is 42.5 Å². The molecule has 0 aliphatic carbocycles. The Bertz CT molecular complexity index is 1210. The fourth-order valence-corrected chi connectivity index (χ4v) is 4.69. The number of hydrogen-bond donors (Lipinski definition) is 0. The number of carbonyl (C=O) groups is 1. The predicted octanol–water partition coefficient (Wildman–Crippen LogP) is 5.73. The fourth-order valence-electron chi connectivity index (χ4n) is 3.41. The molecular weight excluding hydrogens is 450 g/mol. The van der Waals surface area contributed by atoms with Gasteiger partial charge in [0.1, 0.15) is 5.75 Å². The van der Waals surface area contributed by atoms with E-state index < -0.39 is 38.3 Å². The van der Waals surface area contributed by atoms with E-state index >= 15 is 0 Å². The van der Waals surface area contributed by atoms with Gasteiger partial charge >= 0.3 is 11.2 Å². The molecule has 0 aliphatic heterocycles. The Morgan fingerprint density at radius 1 is 0.970 bits per heavy atom. The van der Waals surface area contributed by atoms with E-state index in [1.165, 1.54) is 12.1 Å². The minimum absolute atomic E-state index is 0.0601. The molecule has 176 valence electrons. The molecular formula is C25H26F2O5S. The molecule has 0 fully saturated rings. The Hall–Kier alpha value is -3.00. The molecule has 0 N–H and O–H groups in total. The summed E-state index contributed by atoms with van der Waals surface area (Å²) in [6, 6.07) is 17.9. The van der Waals surface area contributed by atoms with Crippen molar-refractivity contribution in [2.24, 2.45) is 0 Å². The number of carbonyl (C=O) groups excluding carboxylic acids is 1. The van der Waals surface area contributed by atoms with Gasteiger partial charge in [0.15, 0.2) is 0 Å². The zero-order valence-electron chi connectivity index (χ0n) is 18.5. The van der Waals surface area contributed by atoms with E-state index in [4.69, 9.17) is 9.47 Å². The summed E-state index contributed by atoms with van der Waals surface area (Å²) in [7, 11) is -3.17. The van der Waals surface area contributed by atoms with Crippen LogP contribution in [0.5, 0.6) is 5.75 Å². The molecule has 3 aromatic carbocycles. The van der Waals surface area contributed by atoms with Crippen LogP contribution in [0.4, 0.5) is 8.78 Å². The SMILES string of the molecule is COc1ccc2cc([C@H](C)C(=O)OCCCCC(F)(F)S(=O)(=O)c3ccccc3)ccc2c1. The summed E-state index contributed by atoms with van der Waals surface area (Å²) in [5.41, 5.74) is 0.776. The minimum atomic E-state index is -4.76. The number of alkyl halides is 2. The van der Waals surface area contributed by atoms with E-state index in [9.17, 15) is 22.0 Å². The van der Waals surface area contributed by atoms with Gasteiger partial charge in [-0.25, -0.2) is 8.42 Å². The average Bonchev–Trinajstić information content (AvgIpc) is 2.82. The molecule has 0 bridgehead atoms. The van der Waals surface area contributed by atoms with Crippen molar-refractivity contribution in [1.82, 2.24) is 0 Å². The lowest BCUT2D eigenvalue weighted by Crippen LogP contribution is -2.29. The number of fused-ring (bicyclic) bond motifs is 1. The van der Waals surface area contributed by atoms with Crippen LogP contribution in [0, 0.1) is 0 Å². The lowest BCUT2D eigenvalue weighted by molar-refractivity contribution is -0.145. The van der Waals surface area contributed by atoms with E-state index in [1.807, 2.05) is 36.4 Å². The van der Waals surface area contributed by atoms with E-state index in [2.05, 4.69) is 0 Å². The first-order valence-electron chi connectivity index (χ1n) is 10.6. The van der Waals surface area contributed by atoms with Gasteiger partial charge in [0.2, 0.25) is 9.84 Å². The second kappa shape index (κ2) is 10.3. The predicted molar refractivity (Wildman–Crippen MR) is 122 cm³/mol. The second-order valence-corrected chi connectivity index (χ2v) is 9.85. The molecule has 3 aromatic rings. The minimum Gasteiger partial charge on any atom is -0.497 e. The zero-order chi connectivity index (χ0) is 24.1. The van der Waals surface area contributed by atoms with E-state index in [1.54, 1.807) is 20.1 Å². The van der Waals surface area contributed by atoms with Gasteiger partial charge in [-0.3, -0.25) is 4.79 Å². The van der Waals surface area contributed by atoms with Crippen LogP contribution in [-0.4, -0.2) is 33.4 Å². The molecule has 3 rings (SSSR count). The molecule has 0 amide bonds. The molecule has 1 atom stereocenters. The van der Waals surface area contributed by atoms with Crippen LogP contribution in [0.2, 0.25) is 0 Å². The highest BCUT2D eigenvalue weighted by Gasteiger charge is 2.45. The summed E-state index contributed by atoms with van der Waals surface area (Å²) in [4.78, 5) is 12.0. The molecule has 5 nitrogen and oxygen atoms in total. The number of halogens is 2. The zero-order valence-corrected chi connectivity index (χ0v) is 19.3. The standard InChI is InChI=1S/C25H26F2O5S/c1-18(19-10-11-21-17-22(31-2)13-12-20(21)16-19)24(28)32-15-7-6-14-25(26,27)33(29,30)23-8-4-3-5-9-23/h3-5,8-13,16-18H,6-7,14-15H2,1-2H3/t18-/m0/s1. The maximum absolute atomic E-state index is 14.3. The summed E-state index contributed by atoms with van der Waals surface area (Å²) in [5, 5.41) is -1.96. The van der Waals surface area contributed by atoms with Gasteiger partial charge in [-0.15, -0.1) is 0 Å². The molecule has 33 heavy (non-hydrogen) atoms. The first kappa shape index (κ1) is 24.6. The maximum Gasteiger partial charge on any atom is 0.350 e. The highest BCUT2D eigenvalue weighted by Crippen LogP contribution is 2.33. The van der Waals surface area contributed by atoms with Crippen LogP contribution in [0.3, 0.4) is 0 Å². The van der Waals surface area contributed by atoms with Crippen LogP contribution in [0.1, 0.15) is 37.7 Å². The Labute approximate surface area is 192 Å². The first-order valence-corrected chi connectivity index (χ1v) is 12.1. The molecule has 0 aromatic heterocycles. The van der Waals surface area contributed by atoms with Crippen molar-refractivity contribution in [2.45, 2.75) is 42.3 Å². The van der Waals surface area contributed by atoms with Gasteiger partial charge in [0, 0.05) is 6.42 Å². The largest absolute Gasteiger partial charge is 0.497 e. The number of sulfone groups is 1. The molecule has 0 heterocycles. The number of ether oxygens (including phenoxy) is 2. The number of unbranched alkanes of at least 4 members (excludes halogenated alkanes) is 1. The van der Waals surface area contributed by atoms with Crippen molar-refractivity contribution >= 4 is 26.6 Å². The summed E-state index contributed by atoms with van der Waals surface area (Å²) in [6.07, 6.45) is -0.806. The first-order chi connectivity index (χ1) is 15.7. The molecule has 0 radical (unpaired) electrons. The van der Waals surface area contributed by atoms with Crippen LogP contribution in [-0.2, 0) is 19.4 Å². The Morgan fingerprint density at radius 3 is 2.33 bits per heavy atom. The summed E-state index contributed by atoms with van der Waals surface area (Å²) >= 11 is 0. The third-order valence-corrected chi connectivity index (χ3v) is 7.36. The van der Waals surface area contributed by atoms with Crippen molar-refractivity contribution in [2.75, 3.05) is 13.7 Å². The monoisotopic (exact) mass is 476 g/mol. The van der Waals surface area contributed by atoms with Crippen LogP contribution < -0.4 is 4.74 Å². The highest BCUT2D eigenvalue weighted by molar-refractivity contribution is 7.92. The second-order valence-electron chi connectivity index (χ2n) is 7.77.